The molecule has 0 bridgehead atoms. The number of carbonyl (C=O) groups excluding carboxylic acids is 1. The van der Waals surface area contributed by atoms with E-state index in [-0.39, 0.29) is 24.6 Å². The van der Waals surface area contributed by atoms with Crippen molar-refractivity contribution in [2.45, 2.75) is 58.7 Å². The normalized spacial score (nSPS) is 28.1. The van der Waals surface area contributed by atoms with E-state index < -0.39 is 16.9 Å². The van der Waals surface area contributed by atoms with Crippen LogP contribution in [-0.2, 0) is 14.3 Å². The van der Waals surface area contributed by atoms with Gasteiger partial charge in [0.15, 0.2) is 0 Å². The molecule has 20 heavy (non-hydrogen) atoms. The van der Waals surface area contributed by atoms with E-state index >= 15 is 0 Å². The Morgan fingerprint density at radius 1 is 1.45 bits per heavy atom. The Balaban J connectivity index is 2.92. The summed E-state index contributed by atoms with van der Waals surface area (Å²) in [7, 11) is 0. The lowest BCUT2D eigenvalue weighted by Crippen LogP contribution is -2.76. The SMILES string of the molecule is CCOC1CC(N)(C(=O)N(CC(=O)O)C(C)C)C1(C)C. The Hall–Kier alpha value is -1.14. The molecule has 2 atom stereocenters. The second-order valence-corrected chi connectivity index (χ2v) is 6.26. The third-order valence-electron chi connectivity index (χ3n) is 4.40. The number of rotatable bonds is 6. The van der Waals surface area contributed by atoms with Crippen molar-refractivity contribution in [3.63, 3.8) is 0 Å². The monoisotopic (exact) mass is 286 g/mol. The van der Waals surface area contributed by atoms with Crippen LogP contribution in [0.25, 0.3) is 0 Å². The molecule has 0 aromatic rings. The van der Waals surface area contributed by atoms with Crippen LogP contribution in [0, 0.1) is 5.41 Å². The van der Waals surface area contributed by atoms with E-state index in [2.05, 4.69) is 0 Å². The van der Waals surface area contributed by atoms with Crippen molar-refractivity contribution in [3.05, 3.63) is 0 Å². The molecule has 6 nitrogen and oxygen atoms in total. The third-order valence-corrected chi connectivity index (χ3v) is 4.40. The summed E-state index contributed by atoms with van der Waals surface area (Å²) in [4.78, 5) is 24.9. The summed E-state index contributed by atoms with van der Waals surface area (Å²) in [5, 5.41) is 8.95. The Labute approximate surface area is 120 Å². The van der Waals surface area contributed by atoms with Crippen LogP contribution in [-0.4, -0.2) is 52.7 Å². The topological polar surface area (TPSA) is 92.9 Å². The van der Waals surface area contributed by atoms with E-state index in [1.54, 1.807) is 13.8 Å². The van der Waals surface area contributed by atoms with Gasteiger partial charge in [-0.25, -0.2) is 0 Å². The lowest BCUT2D eigenvalue weighted by molar-refractivity contribution is -0.182. The molecule has 1 fully saturated rings. The summed E-state index contributed by atoms with van der Waals surface area (Å²) < 4.78 is 5.59. The summed E-state index contributed by atoms with van der Waals surface area (Å²) in [6.07, 6.45) is 0.357. The predicted octanol–water partition coefficient (Wildman–Crippen LogP) is 0.841. The predicted molar refractivity (Wildman–Crippen MR) is 75.2 cm³/mol. The zero-order valence-electron chi connectivity index (χ0n) is 13.0. The largest absolute Gasteiger partial charge is 0.480 e. The smallest absolute Gasteiger partial charge is 0.323 e. The van der Waals surface area contributed by atoms with Gasteiger partial charge in [-0.05, 0) is 20.8 Å². The summed E-state index contributed by atoms with van der Waals surface area (Å²) in [6.45, 7) is 9.51. The zero-order valence-corrected chi connectivity index (χ0v) is 13.0. The molecule has 1 aliphatic rings. The van der Waals surface area contributed by atoms with Crippen molar-refractivity contribution in [2.75, 3.05) is 13.2 Å². The summed E-state index contributed by atoms with van der Waals surface area (Å²) in [5.74, 6) is -1.34. The molecule has 0 aromatic heterocycles. The van der Waals surface area contributed by atoms with Gasteiger partial charge in [-0.2, -0.15) is 0 Å². The minimum Gasteiger partial charge on any atom is -0.480 e. The van der Waals surface area contributed by atoms with Gasteiger partial charge < -0.3 is 20.5 Å². The lowest BCUT2D eigenvalue weighted by atomic mass is 9.54. The molecular weight excluding hydrogens is 260 g/mol. The van der Waals surface area contributed by atoms with Crippen molar-refractivity contribution in [2.24, 2.45) is 11.1 Å². The summed E-state index contributed by atoms with van der Waals surface area (Å²) in [5.41, 5.74) is 4.72. The highest BCUT2D eigenvalue weighted by atomic mass is 16.5. The molecule has 0 spiro atoms. The number of aliphatic carboxylic acids is 1. The Bertz CT molecular complexity index is 395. The van der Waals surface area contributed by atoms with Crippen LogP contribution in [0.5, 0.6) is 0 Å². The summed E-state index contributed by atoms with van der Waals surface area (Å²) in [6, 6.07) is -0.207. The molecule has 0 radical (unpaired) electrons. The van der Waals surface area contributed by atoms with Crippen LogP contribution in [0.4, 0.5) is 0 Å². The standard InChI is InChI=1S/C14H26N2O4/c1-6-20-10-7-14(15,13(10,4)5)12(19)16(9(2)3)8-11(17)18/h9-10H,6-8,15H2,1-5H3,(H,17,18). The number of hydrogen-bond acceptors (Lipinski definition) is 4. The number of nitrogens with zero attached hydrogens (tertiary/aromatic N) is 1. The molecule has 6 heteroatoms. The van der Waals surface area contributed by atoms with Crippen LogP contribution >= 0.6 is 0 Å². The maximum Gasteiger partial charge on any atom is 0.323 e. The van der Waals surface area contributed by atoms with Crippen LogP contribution in [0.15, 0.2) is 0 Å². The number of ether oxygens (including phenoxy) is 1. The average molecular weight is 286 g/mol. The highest BCUT2D eigenvalue weighted by Crippen LogP contribution is 2.50. The number of carboxylic acids is 1. The molecule has 2 unspecified atom stereocenters. The van der Waals surface area contributed by atoms with Crippen LogP contribution < -0.4 is 5.73 Å². The average Bonchev–Trinajstić information content (AvgIpc) is 2.34. The van der Waals surface area contributed by atoms with Crippen LogP contribution in [0.3, 0.4) is 0 Å². The van der Waals surface area contributed by atoms with Crippen molar-refractivity contribution >= 4 is 11.9 Å². The summed E-state index contributed by atoms with van der Waals surface area (Å²) >= 11 is 0. The molecule has 1 rings (SSSR count). The fourth-order valence-corrected chi connectivity index (χ4v) is 2.69. The number of carboxylic acid groups (broad SMARTS) is 1. The number of nitrogens with two attached hydrogens (primary N) is 1. The number of hydrogen-bond donors (Lipinski definition) is 2. The van der Waals surface area contributed by atoms with Gasteiger partial charge in [0.25, 0.3) is 0 Å². The molecule has 0 aliphatic heterocycles. The molecule has 0 heterocycles. The maximum absolute atomic E-state index is 12.7. The van der Waals surface area contributed by atoms with Crippen molar-refractivity contribution in [3.8, 4) is 0 Å². The molecular formula is C14H26N2O4. The zero-order chi connectivity index (χ0) is 15.7. The van der Waals surface area contributed by atoms with Crippen molar-refractivity contribution in [1.29, 1.82) is 0 Å². The third kappa shape index (κ3) is 2.67. The Kier molecular flexibility index (Phi) is 4.82. The first-order chi connectivity index (χ1) is 9.07. The van der Waals surface area contributed by atoms with Gasteiger partial charge in [0, 0.05) is 24.5 Å². The minimum atomic E-state index is -1.06. The van der Waals surface area contributed by atoms with Gasteiger partial charge in [0.05, 0.1) is 6.10 Å². The second kappa shape index (κ2) is 5.69. The van der Waals surface area contributed by atoms with Gasteiger partial charge in [-0.15, -0.1) is 0 Å². The van der Waals surface area contributed by atoms with Gasteiger partial charge in [-0.1, -0.05) is 13.8 Å². The first-order valence-corrected chi connectivity index (χ1v) is 7.01. The first kappa shape index (κ1) is 16.9. The molecule has 3 N–H and O–H groups in total. The molecule has 1 amide bonds. The van der Waals surface area contributed by atoms with Crippen LogP contribution in [0.2, 0.25) is 0 Å². The van der Waals surface area contributed by atoms with E-state index in [4.69, 9.17) is 15.6 Å². The molecule has 0 aromatic carbocycles. The Morgan fingerprint density at radius 3 is 2.35 bits per heavy atom. The lowest BCUT2D eigenvalue weighted by Gasteiger charge is -2.58. The van der Waals surface area contributed by atoms with Gasteiger partial charge in [-0.3, -0.25) is 9.59 Å². The highest BCUT2D eigenvalue weighted by Gasteiger charge is 2.64. The van der Waals surface area contributed by atoms with Gasteiger partial charge in [0.1, 0.15) is 12.1 Å². The quantitative estimate of drug-likeness (QED) is 0.755. The fraction of sp³-hybridized carbons (Fsp3) is 0.857. The number of carbonyl (C=O) groups is 2. The van der Waals surface area contributed by atoms with E-state index in [1.807, 2.05) is 20.8 Å². The van der Waals surface area contributed by atoms with Crippen molar-refractivity contribution < 1.29 is 19.4 Å². The van der Waals surface area contributed by atoms with Crippen LogP contribution in [0.1, 0.15) is 41.0 Å². The van der Waals surface area contributed by atoms with Gasteiger partial charge >= 0.3 is 5.97 Å². The maximum atomic E-state index is 12.7. The minimum absolute atomic E-state index is 0.0692. The molecule has 0 saturated heterocycles. The van der Waals surface area contributed by atoms with Gasteiger partial charge in [0.2, 0.25) is 5.91 Å². The first-order valence-electron chi connectivity index (χ1n) is 7.01. The second-order valence-electron chi connectivity index (χ2n) is 6.26. The molecule has 1 saturated carbocycles. The molecule has 116 valence electrons. The number of amides is 1. The Morgan fingerprint density at radius 2 is 2.00 bits per heavy atom. The van der Waals surface area contributed by atoms with Crippen molar-refractivity contribution in [1.82, 2.24) is 4.90 Å². The fourth-order valence-electron chi connectivity index (χ4n) is 2.69. The highest BCUT2D eigenvalue weighted by molar-refractivity contribution is 5.91. The molecule has 1 aliphatic carbocycles. The van der Waals surface area contributed by atoms with E-state index in [1.165, 1.54) is 4.90 Å². The van der Waals surface area contributed by atoms with E-state index in [0.29, 0.717) is 13.0 Å². The van der Waals surface area contributed by atoms with E-state index in [9.17, 15) is 9.59 Å². The van der Waals surface area contributed by atoms with E-state index in [0.717, 1.165) is 0 Å².